The number of esters is 1. The van der Waals surface area contributed by atoms with Crippen molar-refractivity contribution in [2.24, 2.45) is 5.92 Å². The normalized spacial score (nSPS) is 10.7. The zero-order valence-electron chi connectivity index (χ0n) is 9.26. The Balaban J connectivity index is 3.02. The number of nitrogen functional groups attached to an aromatic ring is 1. The molecule has 7 heteroatoms. The third kappa shape index (κ3) is 3.37. The van der Waals surface area contributed by atoms with Crippen LogP contribution in [0.15, 0.2) is 0 Å². The van der Waals surface area contributed by atoms with Gasteiger partial charge in [-0.15, -0.1) is 0 Å². The SMILES string of the molecule is CC(C)COC(=O)c1nc(Cl)c(Cl)c(N)c1Cl. The molecule has 0 aliphatic carbocycles. The maximum Gasteiger partial charge on any atom is 0.358 e. The highest BCUT2D eigenvalue weighted by atomic mass is 35.5. The molecule has 17 heavy (non-hydrogen) atoms. The lowest BCUT2D eigenvalue weighted by atomic mass is 10.2. The van der Waals surface area contributed by atoms with Crippen LogP contribution in [0.4, 0.5) is 5.69 Å². The van der Waals surface area contributed by atoms with Crippen LogP contribution in [-0.4, -0.2) is 17.6 Å². The number of carbonyl (C=O) groups excluding carboxylic acids is 1. The molecule has 0 fully saturated rings. The molecule has 1 aromatic rings. The molecule has 0 radical (unpaired) electrons. The summed E-state index contributed by atoms with van der Waals surface area (Å²) in [6.45, 7) is 4.08. The highest BCUT2D eigenvalue weighted by Crippen LogP contribution is 2.34. The van der Waals surface area contributed by atoms with Crippen molar-refractivity contribution in [2.75, 3.05) is 12.3 Å². The van der Waals surface area contributed by atoms with Crippen LogP contribution in [0.25, 0.3) is 0 Å². The first-order valence-corrected chi connectivity index (χ1v) is 5.95. The van der Waals surface area contributed by atoms with Gasteiger partial charge in [0.15, 0.2) is 10.8 Å². The lowest BCUT2D eigenvalue weighted by molar-refractivity contribution is 0.0452. The molecular formula is C10H11Cl3N2O2. The summed E-state index contributed by atoms with van der Waals surface area (Å²) in [5.74, 6) is -0.466. The van der Waals surface area contributed by atoms with Gasteiger partial charge in [-0.1, -0.05) is 48.7 Å². The first kappa shape index (κ1) is 14.4. The number of halogens is 3. The molecule has 94 valence electrons. The first-order valence-electron chi connectivity index (χ1n) is 4.81. The molecule has 0 saturated heterocycles. The molecule has 0 amide bonds. The van der Waals surface area contributed by atoms with Crippen LogP contribution in [0.3, 0.4) is 0 Å². The molecule has 0 aromatic carbocycles. The molecule has 0 bridgehead atoms. The largest absolute Gasteiger partial charge is 0.461 e. The van der Waals surface area contributed by atoms with Crippen molar-refractivity contribution >= 4 is 46.5 Å². The van der Waals surface area contributed by atoms with Gasteiger partial charge in [0.25, 0.3) is 0 Å². The summed E-state index contributed by atoms with van der Waals surface area (Å²) >= 11 is 17.3. The summed E-state index contributed by atoms with van der Waals surface area (Å²) in [6, 6.07) is 0. The molecule has 2 N–H and O–H groups in total. The average molecular weight is 298 g/mol. The number of hydrogen-bond donors (Lipinski definition) is 1. The maximum atomic E-state index is 11.7. The van der Waals surface area contributed by atoms with Crippen LogP contribution in [0, 0.1) is 5.92 Å². The van der Waals surface area contributed by atoms with Crippen LogP contribution in [0.2, 0.25) is 15.2 Å². The summed E-state index contributed by atoms with van der Waals surface area (Å²) < 4.78 is 4.98. The predicted molar refractivity (Wildman–Crippen MR) is 68.8 cm³/mol. The standard InChI is InChI=1S/C10H11Cl3N2O2/c1-4(2)3-17-10(16)8-5(11)7(14)6(12)9(13)15-8/h4H,3H2,1-2H3,(H2,14,15). The monoisotopic (exact) mass is 296 g/mol. The number of hydrogen-bond acceptors (Lipinski definition) is 4. The fourth-order valence-electron chi connectivity index (χ4n) is 0.977. The van der Waals surface area contributed by atoms with E-state index in [1.807, 2.05) is 13.8 Å². The Labute approximate surface area is 114 Å². The molecule has 0 aliphatic rings. The fourth-order valence-corrected chi connectivity index (χ4v) is 1.56. The van der Waals surface area contributed by atoms with E-state index in [0.717, 1.165) is 0 Å². The van der Waals surface area contributed by atoms with Crippen LogP contribution < -0.4 is 5.73 Å². The summed E-state index contributed by atoms with van der Waals surface area (Å²) in [4.78, 5) is 15.4. The number of nitrogens with two attached hydrogens (primary N) is 1. The van der Waals surface area contributed by atoms with E-state index in [9.17, 15) is 4.79 Å². The van der Waals surface area contributed by atoms with Gasteiger partial charge in [-0.25, -0.2) is 9.78 Å². The Hall–Kier alpha value is -0.710. The Kier molecular flexibility index (Phi) is 4.86. The van der Waals surface area contributed by atoms with E-state index in [0.29, 0.717) is 0 Å². The van der Waals surface area contributed by atoms with Gasteiger partial charge in [-0.3, -0.25) is 0 Å². The van der Waals surface area contributed by atoms with E-state index < -0.39 is 5.97 Å². The molecule has 1 aromatic heterocycles. The highest BCUT2D eigenvalue weighted by Gasteiger charge is 2.20. The third-order valence-corrected chi connectivity index (χ3v) is 2.95. The number of pyridine rings is 1. The number of carbonyl (C=O) groups is 1. The van der Waals surface area contributed by atoms with E-state index in [1.165, 1.54) is 0 Å². The van der Waals surface area contributed by atoms with Crippen molar-refractivity contribution in [2.45, 2.75) is 13.8 Å². The van der Waals surface area contributed by atoms with Crippen molar-refractivity contribution < 1.29 is 9.53 Å². The third-order valence-electron chi connectivity index (χ3n) is 1.81. The molecular weight excluding hydrogens is 286 g/mol. The fraction of sp³-hybridized carbons (Fsp3) is 0.400. The smallest absolute Gasteiger partial charge is 0.358 e. The molecule has 4 nitrogen and oxygen atoms in total. The summed E-state index contributed by atoms with van der Waals surface area (Å²) in [6.07, 6.45) is 0. The van der Waals surface area contributed by atoms with E-state index in [-0.39, 0.29) is 39.1 Å². The summed E-state index contributed by atoms with van der Waals surface area (Å²) in [5.41, 5.74) is 5.47. The van der Waals surface area contributed by atoms with Gasteiger partial charge in [-0.2, -0.15) is 0 Å². The number of aromatic nitrogens is 1. The van der Waals surface area contributed by atoms with Crippen LogP contribution in [0.1, 0.15) is 24.3 Å². The molecule has 0 atom stereocenters. The molecule has 0 unspecified atom stereocenters. The van der Waals surface area contributed by atoms with Gasteiger partial charge in [0.05, 0.1) is 17.3 Å². The lowest BCUT2D eigenvalue weighted by Gasteiger charge is -2.10. The van der Waals surface area contributed by atoms with Crippen molar-refractivity contribution in [1.29, 1.82) is 0 Å². The van der Waals surface area contributed by atoms with Gasteiger partial charge >= 0.3 is 5.97 Å². The second kappa shape index (κ2) is 5.76. The van der Waals surface area contributed by atoms with E-state index in [1.54, 1.807) is 0 Å². The number of ether oxygens (including phenoxy) is 1. The van der Waals surface area contributed by atoms with Crippen molar-refractivity contribution in [3.05, 3.63) is 20.9 Å². The van der Waals surface area contributed by atoms with Crippen molar-refractivity contribution in [1.82, 2.24) is 4.98 Å². The van der Waals surface area contributed by atoms with Crippen molar-refractivity contribution in [3.8, 4) is 0 Å². The zero-order valence-corrected chi connectivity index (χ0v) is 11.5. The van der Waals surface area contributed by atoms with Gasteiger partial charge in [0, 0.05) is 0 Å². The van der Waals surface area contributed by atoms with Crippen LogP contribution in [0.5, 0.6) is 0 Å². The zero-order chi connectivity index (χ0) is 13.2. The molecule has 0 spiro atoms. The molecule has 1 rings (SSSR count). The summed E-state index contributed by atoms with van der Waals surface area (Å²) in [5, 5.41) is -0.102. The average Bonchev–Trinajstić information content (AvgIpc) is 2.28. The van der Waals surface area contributed by atoms with E-state index >= 15 is 0 Å². The Bertz CT molecular complexity index is 450. The second-order valence-electron chi connectivity index (χ2n) is 3.79. The maximum absolute atomic E-state index is 11.7. The van der Waals surface area contributed by atoms with Gasteiger partial charge < -0.3 is 10.5 Å². The minimum Gasteiger partial charge on any atom is -0.461 e. The predicted octanol–water partition coefficient (Wildman–Crippen LogP) is 3.44. The van der Waals surface area contributed by atoms with Crippen molar-refractivity contribution in [3.63, 3.8) is 0 Å². The number of rotatable bonds is 3. The Morgan fingerprint density at radius 2 is 1.94 bits per heavy atom. The lowest BCUT2D eigenvalue weighted by Crippen LogP contribution is -2.13. The van der Waals surface area contributed by atoms with Gasteiger partial charge in [-0.05, 0) is 5.92 Å². The summed E-state index contributed by atoms with van der Waals surface area (Å²) in [7, 11) is 0. The first-order chi connectivity index (χ1) is 7.84. The van der Waals surface area contributed by atoms with E-state index in [2.05, 4.69) is 4.98 Å². The quantitative estimate of drug-likeness (QED) is 0.685. The molecule has 0 saturated carbocycles. The second-order valence-corrected chi connectivity index (χ2v) is 4.90. The van der Waals surface area contributed by atoms with E-state index in [4.69, 9.17) is 45.3 Å². The highest BCUT2D eigenvalue weighted by molar-refractivity contribution is 6.46. The Morgan fingerprint density at radius 1 is 1.35 bits per heavy atom. The number of anilines is 1. The minimum atomic E-state index is -0.672. The Morgan fingerprint density at radius 3 is 2.47 bits per heavy atom. The van der Waals surface area contributed by atoms with Crippen LogP contribution in [-0.2, 0) is 4.74 Å². The topological polar surface area (TPSA) is 65.2 Å². The molecule has 1 heterocycles. The minimum absolute atomic E-state index is 0.0184. The van der Waals surface area contributed by atoms with Gasteiger partial charge in [0.1, 0.15) is 5.02 Å². The molecule has 0 aliphatic heterocycles. The van der Waals surface area contributed by atoms with Crippen LogP contribution >= 0.6 is 34.8 Å². The van der Waals surface area contributed by atoms with Gasteiger partial charge in [0.2, 0.25) is 0 Å². The number of nitrogens with zero attached hydrogens (tertiary/aromatic N) is 1.